The Labute approximate surface area is 91.5 Å². The number of rotatable bonds is 3. The molecule has 0 rings (SSSR count). The van der Waals surface area contributed by atoms with Crippen molar-refractivity contribution < 1.29 is 14.3 Å². The summed E-state index contributed by atoms with van der Waals surface area (Å²) < 4.78 is 5.32. The number of hydrogen-bond donors (Lipinski definition) is 1. The highest BCUT2D eigenvalue weighted by Gasteiger charge is 2.16. The van der Waals surface area contributed by atoms with E-state index < -0.39 is 11.7 Å². The van der Waals surface area contributed by atoms with Gasteiger partial charge in [0.05, 0.1) is 11.0 Å². The van der Waals surface area contributed by atoms with E-state index in [1.54, 1.807) is 20.8 Å². The Morgan fingerprint density at radius 3 is 2.31 bits per heavy atom. The summed E-state index contributed by atoms with van der Waals surface area (Å²) in [4.78, 5) is 21.8. The van der Waals surface area contributed by atoms with Crippen molar-refractivity contribution in [2.45, 2.75) is 26.4 Å². The van der Waals surface area contributed by atoms with E-state index in [-0.39, 0.29) is 12.3 Å². The first kappa shape index (κ1) is 12.7. The van der Waals surface area contributed by atoms with Gasteiger partial charge < -0.3 is 10.1 Å². The molecule has 0 aromatic carbocycles. The Hall–Kier alpha value is -0.330. The van der Waals surface area contributed by atoms with Crippen LogP contribution in [-0.2, 0) is 9.53 Å². The van der Waals surface area contributed by atoms with Gasteiger partial charge in [-0.1, -0.05) is 22.6 Å². The molecule has 0 spiro atoms. The summed E-state index contributed by atoms with van der Waals surface area (Å²) in [6.07, 6.45) is -0.550. The number of carbonyl (C=O) groups excluding carboxylic acids is 2. The zero-order valence-corrected chi connectivity index (χ0v) is 10.2. The minimum atomic E-state index is -0.550. The fourth-order valence-corrected chi connectivity index (χ4v) is 0.802. The van der Waals surface area contributed by atoms with E-state index in [1.165, 1.54) is 0 Å². The summed E-state index contributed by atoms with van der Waals surface area (Å²) in [6.45, 7) is 5.35. The van der Waals surface area contributed by atoms with E-state index in [0.717, 1.165) is 0 Å². The molecule has 0 heterocycles. The van der Waals surface area contributed by atoms with Crippen molar-refractivity contribution in [2.24, 2.45) is 0 Å². The van der Waals surface area contributed by atoms with Gasteiger partial charge in [0, 0.05) is 0 Å². The Kier molecular flexibility index (Phi) is 5.27. The van der Waals surface area contributed by atoms with Gasteiger partial charge in [-0.05, 0) is 20.8 Å². The minimum Gasteiger partial charge on any atom is -0.444 e. The van der Waals surface area contributed by atoms with Crippen molar-refractivity contribution in [3.05, 3.63) is 0 Å². The van der Waals surface area contributed by atoms with Crippen molar-refractivity contribution in [3.8, 4) is 0 Å². The number of nitrogens with one attached hydrogen (secondary N) is 1. The summed E-state index contributed by atoms with van der Waals surface area (Å²) in [5, 5.41) is 2.37. The quantitative estimate of drug-likeness (QED) is 0.635. The van der Waals surface area contributed by atoms with Crippen LogP contribution in [0.3, 0.4) is 0 Å². The van der Waals surface area contributed by atoms with Crippen LogP contribution < -0.4 is 5.32 Å². The third-order valence-corrected chi connectivity index (χ3v) is 1.83. The number of ether oxygens (including phenoxy) is 1. The number of hydrogen-bond acceptors (Lipinski definition) is 3. The smallest absolute Gasteiger partial charge is 0.408 e. The van der Waals surface area contributed by atoms with Gasteiger partial charge in [0.25, 0.3) is 0 Å². The second-order valence-corrected chi connectivity index (χ2v) is 4.29. The normalized spacial score (nSPS) is 10.8. The lowest BCUT2D eigenvalue weighted by atomic mass is 10.2. The van der Waals surface area contributed by atoms with Gasteiger partial charge in [0.1, 0.15) is 5.60 Å². The Morgan fingerprint density at radius 2 is 1.92 bits per heavy atom. The summed E-state index contributed by atoms with van der Waals surface area (Å²) in [5.41, 5.74) is -0.516. The lowest BCUT2D eigenvalue weighted by Gasteiger charge is -2.19. The summed E-state index contributed by atoms with van der Waals surface area (Å²) in [7, 11) is 0. The van der Waals surface area contributed by atoms with Crippen LogP contribution in [0.15, 0.2) is 0 Å². The highest BCUT2D eigenvalue weighted by Crippen LogP contribution is 2.06. The third-order valence-electron chi connectivity index (χ3n) is 0.978. The molecule has 0 bridgehead atoms. The van der Waals surface area contributed by atoms with Crippen molar-refractivity contribution >= 4 is 34.5 Å². The first-order valence-corrected chi connectivity index (χ1v) is 5.42. The van der Waals surface area contributed by atoms with E-state index in [4.69, 9.17) is 4.74 Å². The van der Waals surface area contributed by atoms with Crippen LogP contribution >= 0.6 is 22.6 Å². The van der Waals surface area contributed by atoms with Gasteiger partial charge in [-0.25, -0.2) is 4.79 Å². The number of carbonyl (C=O) groups is 2. The van der Waals surface area contributed by atoms with E-state index >= 15 is 0 Å². The molecule has 4 nitrogen and oxygen atoms in total. The fourth-order valence-electron chi connectivity index (χ4n) is 0.532. The highest BCUT2D eigenvalue weighted by molar-refractivity contribution is 14.1. The molecule has 5 heteroatoms. The largest absolute Gasteiger partial charge is 0.444 e. The molecule has 0 fully saturated rings. The molecular weight excluding hydrogens is 285 g/mol. The van der Waals surface area contributed by atoms with Gasteiger partial charge >= 0.3 is 6.09 Å². The summed E-state index contributed by atoms with van der Waals surface area (Å²) >= 11 is 1.95. The summed E-state index contributed by atoms with van der Waals surface area (Å²) in [5.74, 6) is -0.0218. The first-order valence-electron chi connectivity index (χ1n) is 3.89. The van der Waals surface area contributed by atoms with Crippen LogP contribution in [0.5, 0.6) is 0 Å². The SMILES string of the molecule is CC(C)(C)OC(=O)NCC(=O)CI. The molecule has 0 unspecified atom stereocenters. The Bertz CT molecular complexity index is 198. The summed E-state index contributed by atoms with van der Waals surface area (Å²) in [6, 6.07) is 0. The van der Waals surface area contributed by atoms with Crippen molar-refractivity contribution in [3.63, 3.8) is 0 Å². The van der Waals surface area contributed by atoms with Gasteiger partial charge in [0.15, 0.2) is 5.78 Å². The molecule has 1 N–H and O–H groups in total. The standard InChI is InChI=1S/C8H14INO3/c1-8(2,3)13-7(12)10-5-6(11)4-9/h4-5H2,1-3H3,(H,10,12). The van der Waals surface area contributed by atoms with Gasteiger partial charge in [-0.2, -0.15) is 0 Å². The van der Waals surface area contributed by atoms with E-state index in [2.05, 4.69) is 5.32 Å². The highest BCUT2D eigenvalue weighted by atomic mass is 127. The number of amides is 1. The molecule has 13 heavy (non-hydrogen) atoms. The number of ketones is 1. The topological polar surface area (TPSA) is 55.4 Å². The maximum absolute atomic E-state index is 11.0. The predicted molar refractivity (Wildman–Crippen MR) is 58.1 cm³/mol. The lowest BCUT2D eigenvalue weighted by molar-refractivity contribution is -0.115. The van der Waals surface area contributed by atoms with Crippen LogP contribution in [0, 0.1) is 0 Å². The minimum absolute atomic E-state index is 0.0218. The van der Waals surface area contributed by atoms with Crippen LogP contribution in [-0.4, -0.2) is 28.4 Å². The van der Waals surface area contributed by atoms with Crippen LogP contribution in [0.2, 0.25) is 0 Å². The van der Waals surface area contributed by atoms with Crippen molar-refractivity contribution in [1.29, 1.82) is 0 Å². The maximum atomic E-state index is 11.0. The molecule has 0 radical (unpaired) electrons. The predicted octanol–water partition coefficient (Wildman–Crippen LogP) is 1.52. The monoisotopic (exact) mass is 299 g/mol. The van der Waals surface area contributed by atoms with Gasteiger partial charge in [0.2, 0.25) is 0 Å². The van der Waals surface area contributed by atoms with Gasteiger partial charge in [-0.3, -0.25) is 4.79 Å². The second-order valence-electron chi connectivity index (χ2n) is 3.53. The number of alkyl carbamates (subject to hydrolysis) is 1. The van der Waals surface area contributed by atoms with E-state index in [0.29, 0.717) is 4.43 Å². The van der Waals surface area contributed by atoms with Crippen molar-refractivity contribution in [2.75, 3.05) is 11.0 Å². The van der Waals surface area contributed by atoms with Crippen LogP contribution in [0.4, 0.5) is 4.79 Å². The average Bonchev–Trinajstić information content (AvgIpc) is 1.97. The maximum Gasteiger partial charge on any atom is 0.408 e. The lowest BCUT2D eigenvalue weighted by Crippen LogP contribution is -2.35. The first-order chi connectivity index (χ1) is 5.85. The third kappa shape index (κ3) is 8.01. The molecule has 0 aliphatic heterocycles. The molecule has 1 amide bonds. The molecule has 0 saturated carbocycles. The molecule has 0 aromatic heterocycles. The molecule has 0 aliphatic rings. The van der Waals surface area contributed by atoms with Crippen molar-refractivity contribution in [1.82, 2.24) is 5.32 Å². The molecule has 76 valence electrons. The van der Waals surface area contributed by atoms with Crippen LogP contribution in [0.1, 0.15) is 20.8 Å². The van der Waals surface area contributed by atoms with Crippen LogP contribution in [0.25, 0.3) is 0 Å². The Balaban J connectivity index is 3.71. The number of Topliss-reactive ketones (excluding diaryl/α,β-unsaturated/α-hetero) is 1. The zero-order valence-electron chi connectivity index (χ0n) is 8.02. The average molecular weight is 299 g/mol. The fraction of sp³-hybridized carbons (Fsp3) is 0.750. The molecule has 0 saturated heterocycles. The Morgan fingerprint density at radius 1 is 1.38 bits per heavy atom. The second kappa shape index (κ2) is 5.41. The molecule has 0 atom stereocenters. The molecule has 0 aliphatic carbocycles. The van der Waals surface area contributed by atoms with E-state index in [1.807, 2.05) is 22.6 Å². The van der Waals surface area contributed by atoms with E-state index in [9.17, 15) is 9.59 Å². The molecule has 0 aromatic rings. The van der Waals surface area contributed by atoms with Gasteiger partial charge in [-0.15, -0.1) is 0 Å². The molecular formula is C8H14INO3. The number of alkyl halides is 1. The zero-order chi connectivity index (χ0) is 10.5. The number of halogens is 1.